The lowest BCUT2D eigenvalue weighted by Gasteiger charge is -2.01. The second-order valence-corrected chi connectivity index (χ2v) is 3.41. The number of hydroxylamine groups is 1. The molecule has 0 amide bonds. The number of hydrogen-bond donors (Lipinski definition) is 2. The van der Waals surface area contributed by atoms with E-state index in [9.17, 15) is 8.42 Å². The molecule has 0 aromatic heterocycles. The maximum absolute atomic E-state index is 10.5. The van der Waals surface area contributed by atoms with Crippen molar-refractivity contribution in [1.82, 2.24) is 5.48 Å². The van der Waals surface area contributed by atoms with Crippen molar-refractivity contribution >= 4 is 10.1 Å². The maximum atomic E-state index is 10.5. The molecular formula is C4H11NO4S. The molecule has 0 heterocycles. The number of aliphatic hydroxyl groups is 1. The lowest BCUT2D eigenvalue weighted by Crippen LogP contribution is -2.24. The number of hydrogen-bond acceptors (Lipinski definition) is 5. The standard InChI is InChI=1S/C4H11NO4S/c1-2-10(7,8)9-5-3-4-6/h5-6H,2-4H2,1H3. The summed E-state index contributed by atoms with van der Waals surface area (Å²) >= 11 is 0. The third-order valence-electron chi connectivity index (χ3n) is 0.753. The maximum Gasteiger partial charge on any atom is 0.282 e. The van der Waals surface area contributed by atoms with E-state index in [2.05, 4.69) is 9.76 Å². The second kappa shape index (κ2) is 4.62. The van der Waals surface area contributed by atoms with Gasteiger partial charge in [-0.15, -0.1) is 0 Å². The molecule has 0 aromatic carbocycles. The van der Waals surface area contributed by atoms with E-state index in [1.165, 1.54) is 6.92 Å². The Bertz CT molecular complexity index is 164. The molecule has 6 heteroatoms. The Morgan fingerprint density at radius 2 is 2.20 bits per heavy atom. The van der Waals surface area contributed by atoms with E-state index in [1.807, 2.05) is 0 Å². The SMILES string of the molecule is CCS(=O)(=O)ONCCO. The zero-order chi connectivity index (χ0) is 8.04. The molecule has 0 aliphatic carbocycles. The van der Waals surface area contributed by atoms with Gasteiger partial charge in [-0.3, -0.25) is 0 Å². The van der Waals surface area contributed by atoms with E-state index in [-0.39, 0.29) is 18.9 Å². The third kappa shape index (κ3) is 4.68. The van der Waals surface area contributed by atoms with Gasteiger partial charge in [0.15, 0.2) is 0 Å². The molecule has 2 N–H and O–H groups in total. The summed E-state index contributed by atoms with van der Waals surface area (Å²) in [6.07, 6.45) is 0. The smallest absolute Gasteiger partial charge is 0.282 e. The van der Waals surface area contributed by atoms with Crippen LogP contribution in [0.5, 0.6) is 0 Å². The van der Waals surface area contributed by atoms with Crippen LogP contribution in [-0.2, 0) is 14.4 Å². The van der Waals surface area contributed by atoms with Crippen LogP contribution in [0, 0.1) is 0 Å². The summed E-state index contributed by atoms with van der Waals surface area (Å²) in [5.41, 5.74) is 2.09. The molecule has 0 bridgehead atoms. The Morgan fingerprint density at radius 3 is 2.60 bits per heavy atom. The topological polar surface area (TPSA) is 75.6 Å². The van der Waals surface area contributed by atoms with Crippen LogP contribution in [0.1, 0.15) is 6.92 Å². The van der Waals surface area contributed by atoms with Crippen molar-refractivity contribution in [3.05, 3.63) is 0 Å². The normalized spacial score (nSPS) is 11.8. The van der Waals surface area contributed by atoms with E-state index >= 15 is 0 Å². The predicted molar refractivity (Wildman–Crippen MR) is 35.6 cm³/mol. The number of nitrogens with one attached hydrogen (secondary N) is 1. The highest BCUT2D eigenvalue weighted by atomic mass is 32.2. The van der Waals surface area contributed by atoms with Crippen molar-refractivity contribution in [1.29, 1.82) is 0 Å². The van der Waals surface area contributed by atoms with Crippen LogP contribution in [0.25, 0.3) is 0 Å². The first-order valence-electron chi connectivity index (χ1n) is 2.87. The Labute approximate surface area is 60.1 Å². The molecule has 0 aromatic rings. The van der Waals surface area contributed by atoms with Crippen LogP contribution in [0.4, 0.5) is 0 Å². The molecule has 0 spiro atoms. The molecule has 62 valence electrons. The van der Waals surface area contributed by atoms with Crippen molar-refractivity contribution in [2.45, 2.75) is 6.92 Å². The summed E-state index contributed by atoms with van der Waals surface area (Å²) in [5.74, 6) is -0.0779. The first-order chi connectivity index (χ1) is 4.62. The molecule has 10 heavy (non-hydrogen) atoms. The highest BCUT2D eigenvalue weighted by Gasteiger charge is 2.05. The first kappa shape index (κ1) is 9.83. The summed E-state index contributed by atoms with van der Waals surface area (Å²) in [4.78, 5) is 0. The third-order valence-corrected chi connectivity index (χ3v) is 1.83. The van der Waals surface area contributed by atoms with Gasteiger partial charge in [-0.1, -0.05) is 0 Å². The highest BCUT2D eigenvalue weighted by Crippen LogP contribution is 1.86. The molecule has 0 radical (unpaired) electrons. The van der Waals surface area contributed by atoms with Gasteiger partial charge in [0, 0.05) is 6.54 Å². The average Bonchev–Trinajstić information content (AvgIpc) is 1.89. The summed E-state index contributed by atoms with van der Waals surface area (Å²) in [7, 11) is -3.41. The number of aliphatic hydroxyl groups excluding tert-OH is 1. The zero-order valence-corrected chi connectivity index (χ0v) is 6.52. The van der Waals surface area contributed by atoms with Crippen molar-refractivity contribution in [3.8, 4) is 0 Å². The summed E-state index contributed by atoms with van der Waals surface area (Å²) in [6, 6.07) is 0. The van der Waals surface area contributed by atoms with Crippen LogP contribution in [0.3, 0.4) is 0 Å². The molecule has 0 saturated carbocycles. The quantitative estimate of drug-likeness (QED) is 0.401. The van der Waals surface area contributed by atoms with Gasteiger partial charge in [-0.25, -0.2) is 0 Å². The average molecular weight is 169 g/mol. The van der Waals surface area contributed by atoms with Gasteiger partial charge in [-0.05, 0) is 6.92 Å². The van der Waals surface area contributed by atoms with E-state index in [0.717, 1.165) is 0 Å². The van der Waals surface area contributed by atoms with Crippen LogP contribution in [-0.4, -0.2) is 32.4 Å². The van der Waals surface area contributed by atoms with Gasteiger partial charge in [-0.2, -0.15) is 18.2 Å². The van der Waals surface area contributed by atoms with Crippen molar-refractivity contribution in [2.24, 2.45) is 0 Å². The molecule has 0 saturated heterocycles. The van der Waals surface area contributed by atoms with Crippen molar-refractivity contribution in [3.63, 3.8) is 0 Å². The summed E-state index contributed by atoms with van der Waals surface area (Å²) < 4.78 is 25.2. The largest absolute Gasteiger partial charge is 0.395 e. The van der Waals surface area contributed by atoms with E-state index in [1.54, 1.807) is 0 Å². The Balaban J connectivity index is 3.49. The first-order valence-corrected chi connectivity index (χ1v) is 4.45. The zero-order valence-electron chi connectivity index (χ0n) is 5.70. The fourth-order valence-corrected chi connectivity index (χ4v) is 0.617. The van der Waals surface area contributed by atoms with Crippen LogP contribution >= 0.6 is 0 Å². The second-order valence-electron chi connectivity index (χ2n) is 1.55. The summed E-state index contributed by atoms with van der Waals surface area (Å²) in [5, 5.41) is 8.20. The molecule has 0 aliphatic rings. The molecule has 0 aliphatic heterocycles. The molecule has 5 nitrogen and oxygen atoms in total. The highest BCUT2D eigenvalue weighted by molar-refractivity contribution is 7.86. The van der Waals surface area contributed by atoms with Crippen LogP contribution < -0.4 is 5.48 Å². The van der Waals surface area contributed by atoms with E-state index < -0.39 is 10.1 Å². The molecule has 0 unspecified atom stereocenters. The molecular weight excluding hydrogens is 158 g/mol. The minimum absolute atomic E-state index is 0.0779. The van der Waals surface area contributed by atoms with Gasteiger partial charge in [0.05, 0.1) is 12.4 Å². The van der Waals surface area contributed by atoms with Crippen molar-refractivity contribution in [2.75, 3.05) is 18.9 Å². The number of rotatable bonds is 5. The van der Waals surface area contributed by atoms with E-state index in [4.69, 9.17) is 5.11 Å². The molecule has 0 fully saturated rings. The van der Waals surface area contributed by atoms with Crippen LogP contribution in [0.15, 0.2) is 0 Å². The summed E-state index contributed by atoms with van der Waals surface area (Å²) in [6.45, 7) is 1.43. The van der Waals surface area contributed by atoms with Gasteiger partial charge >= 0.3 is 0 Å². The monoisotopic (exact) mass is 169 g/mol. The Hall–Kier alpha value is -0.170. The lowest BCUT2D eigenvalue weighted by atomic mass is 10.8. The van der Waals surface area contributed by atoms with E-state index in [0.29, 0.717) is 0 Å². The molecule has 0 atom stereocenters. The van der Waals surface area contributed by atoms with Gasteiger partial charge < -0.3 is 5.11 Å². The fraction of sp³-hybridized carbons (Fsp3) is 1.00. The minimum Gasteiger partial charge on any atom is -0.395 e. The van der Waals surface area contributed by atoms with Gasteiger partial charge in [0.2, 0.25) is 0 Å². The van der Waals surface area contributed by atoms with Crippen molar-refractivity contribution < 1.29 is 17.8 Å². The predicted octanol–water partition coefficient (Wildman–Crippen LogP) is -1.15. The van der Waals surface area contributed by atoms with Gasteiger partial charge in [0.1, 0.15) is 0 Å². The van der Waals surface area contributed by atoms with Crippen LogP contribution in [0.2, 0.25) is 0 Å². The van der Waals surface area contributed by atoms with Gasteiger partial charge in [0.25, 0.3) is 10.1 Å². The lowest BCUT2D eigenvalue weighted by molar-refractivity contribution is 0.171. The Kier molecular flexibility index (Phi) is 4.54. The fourth-order valence-electron chi connectivity index (χ4n) is 0.236. The Morgan fingerprint density at radius 1 is 1.60 bits per heavy atom. The minimum atomic E-state index is -3.41. The molecule has 0 rings (SSSR count).